The second-order valence-electron chi connectivity index (χ2n) is 12.1. The lowest BCUT2D eigenvalue weighted by atomic mass is 10.2. The van der Waals surface area contributed by atoms with E-state index in [1.54, 1.807) is 47.9 Å². The summed E-state index contributed by atoms with van der Waals surface area (Å²) in [6, 6.07) is 11.8. The first-order valence-corrected chi connectivity index (χ1v) is 16.9. The van der Waals surface area contributed by atoms with Crippen LogP contribution in [-0.4, -0.2) is 43.7 Å². The SMILES string of the molecule is CC(Cc1cc2ncnc(NCc3ccco3)c2s1)NC(=O)OC(C)(C)C.CC(N)Cc1cc2ncnc(NCc3ccco3)c2s1.Cl.Cl. The van der Waals surface area contributed by atoms with Gasteiger partial charge in [0.15, 0.2) is 0 Å². The van der Waals surface area contributed by atoms with E-state index in [9.17, 15) is 4.79 Å². The molecule has 0 aromatic carbocycles. The molecule has 16 heteroatoms. The maximum Gasteiger partial charge on any atom is 0.407 e. The Morgan fingerprint density at radius 2 is 1.33 bits per heavy atom. The van der Waals surface area contributed by atoms with Gasteiger partial charge in [-0.25, -0.2) is 24.7 Å². The molecule has 2 unspecified atom stereocenters. The van der Waals surface area contributed by atoms with Gasteiger partial charge in [-0.3, -0.25) is 0 Å². The summed E-state index contributed by atoms with van der Waals surface area (Å²) < 4.78 is 18.0. The molecule has 6 aromatic heterocycles. The van der Waals surface area contributed by atoms with Gasteiger partial charge in [0, 0.05) is 28.3 Å². The van der Waals surface area contributed by atoms with Gasteiger partial charge in [0.25, 0.3) is 0 Å². The number of thiophene rings is 2. The zero-order valence-electron chi connectivity index (χ0n) is 27.9. The number of nitrogens with two attached hydrogens (primary N) is 1. The Morgan fingerprint density at radius 1 is 0.837 bits per heavy atom. The fourth-order valence-corrected chi connectivity index (χ4v) is 7.03. The minimum atomic E-state index is -0.508. The van der Waals surface area contributed by atoms with Crippen molar-refractivity contribution in [2.24, 2.45) is 5.73 Å². The van der Waals surface area contributed by atoms with E-state index in [4.69, 9.17) is 19.3 Å². The largest absolute Gasteiger partial charge is 0.467 e. The maximum absolute atomic E-state index is 11.9. The first kappa shape index (κ1) is 39.5. The van der Waals surface area contributed by atoms with Crippen LogP contribution in [-0.2, 0) is 30.7 Å². The van der Waals surface area contributed by atoms with Gasteiger partial charge in [-0.15, -0.1) is 47.5 Å². The number of hydrogen-bond acceptors (Lipinski definition) is 13. The smallest absolute Gasteiger partial charge is 0.407 e. The molecule has 1 amide bonds. The molecule has 6 heterocycles. The van der Waals surface area contributed by atoms with Crippen LogP contribution in [0.4, 0.5) is 16.4 Å². The Hall–Kier alpha value is -3.95. The first-order chi connectivity index (χ1) is 22.5. The van der Waals surface area contributed by atoms with Crippen molar-refractivity contribution in [3.05, 3.63) is 82.9 Å². The van der Waals surface area contributed by atoms with Crippen LogP contribution in [0, 0.1) is 0 Å². The highest BCUT2D eigenvalue weighted by atomic mass is 35.5. The van der Waals surface area contributed by atoms with E-state index >= 15 is 0 Å². The molecule has 0 fully saturated rings. The first-order valence-electron chi connectivity index (χ1n) is 15.3. The molecule has 49 heavy (non-hydrogen) atoms. The lowest BCUT2D eigenvalue weighted by Gasteiger charge is -2.21. The summed E-state index contributed by atoms with van der Waals surface area (Å²) in [5, 5.41) is 9.45. The summed E-state index contributed by atoms with van der Waals surface area (Å²) in [7, 11) is 0. The summed E-state index contributed by atoms with van der Waals surface area (Å²) in [5.74, 6) is 3.34. The van der Waals surface area contributed by atoms with Crippen LogP contribution in [0.3, 0.4) is 0 Å². The Bertz CT molecular complexity index is 1870. The molecule has 5 N–H and O–H groups in total. The van der Waals surface area contributed by atoms with Crippen LogP contribution in [0.15, 0.2) is 70.4 Å². The van der Waals surface area contributed by atoms with Crippen molar-refractivity contribution in [3.63, 3.8) is 0 Å². The van der Waals surface area contributed by atoms with Crippen molar-refractivity contribution in [2.45, 2.75) is 78.2 Å². The topological polar surface area (TPSA) is 166 Å². The standard InChI is InChI=1S/C19H24N4O3S.C14H16N4OS.2ClH/c1-12(23-18(24)26-19(2,3)4)8-14-9-15-16(27-14)17(22-11-21-15)20-10-13-6-5-7-25-13;1-9(15)5-11-6-12-13(20-11)14(18-8-17-12)16-7-10-3-2-4-19-10;;/h5-7,9,11-12H,8,10H2,1-4H3,(H,23,24)(H,20,21,22);2-4,6,8-9H,5,7,15H2,1H3,(H,16,17,18);2*1H. The van der Waals surface area contributed by atoms with Gasteiger partial charge in [-0.05, 0) is 77.4 Å². The monoisotopic (exact) mass is 748 g/mol. The number of amides is 1. The third-order valence-electron chi connectivity index (χ3n) is 6.54. The van der Waals surface area contributed by atoms with E-state index in [2.05, 4.69) is 42.0 Å². The number of hydrogen-bond donors (Lipinski definition) is 4. The van der Waals surface area contributed by atoms with Gasteiger partial charge in [0.1, 0.15) is 41.4 Å². The van der Waals surface area contributed by atoms with Gasteiger partial charge in [-0.1, -0.05) is 0 Å². The number of rotatable bonds is 11. The molecule has 2 atom stereocenters. The summed E-state index contributed by atoms with van der Waals surface area (Å²) in [4.78, 5) is 31.6. The lowest BCUT2D eigenvalue weighted by molar-refractivity contribution is 0.0508. The molecule has 6 rings (SSSR count). The number of alkyl carbamates (subject to hydrolysis) is 1. The van der Waals surface area contributed by atoms with E-state index in [0.29, 0.717) is 19.5 Å². The van der Waals surface area contributed by atoms with Crippen molar-refractivity contribution >= 4 is 85.6 Å². The average molecular weight is 750 g/mol. The molecule has 6 aromatic rings. The Balaban J connectivity index is 0.000000265. The average Bonchev–Trinajstić information content (AvgIpc) is 3.81. The molecule has 0 spiro atoms. The third-order valence-corrected chi connectivity index (χ3v) is 8.85. The number of nitrogens with zero attached hydrogens (tertiary/aromatic N) is 4. The van der Waals surface area contributed by atoms with Crippen LogP contribution in [0.2, 0.25) is 0 Å². The van der Waals surface area contributed by atoms with Gasteiger partial charge in [-0.2, -0.15) is 0 Å². The van der Waals surface area contributed by atoms with Gasteiger partial charge in [0.2, 0.25) is 0 Å². The highest BCUT2D eigenvalue weighted by molar-refractivity contribution is 7.20. The fourth-order valence-electron chi connectivity index (χ4n) is 4.61. The Kier molecular flexibility index (Phi) is 14.6. The van der Waals surface area contributed by atoms with Gasteiger partial charge in [0.05, 0.1) is 46.0 Å². The van der Waals surface area contributed by atoms with Crippen molar-refractivity contribution in [1.82, 2.24) is 25.3 Å². The van der Waals surface area contributed by atoms with E-state index in [0.717, 1.165) is 54.9 Å². The molecule has 0 aliphatic rings. The molecule has 0 bridgehead atoms. The van der Waals surface area contributed by atoms with Crippen LogP contribution >= 0.6 is 47.5 Å². The van der Waals surface area contributed by atoms with Crippen LogP contribution in [0.25, 0.3) is 20.4 Å². The molecular weight excluding hydrogens is 707 g/mol. The zero-order valence-corrected chi connectivity index (χ0v) is 31.2. The van der Waals surface area contributed by atoms with Crippen LogP contribution in [0.5, 0.6) is 0 Å². The Labute approximate surface area is 305 Å². The quantitative estimate of drug-likeness (QED) is 0.101. The van der Waals surface area contributed by atoms with E-state index in [-0.39, 0.29) is 36.9 Å². The second-order valence-corrected chi connectivity index (χ2v) is 14.4. The number of carbonyl (C=O) groups excluding carboxylic acids is 1. The fraction of sp³-hybridized carbons (Fsp3) is 0.364. The number of nitrogens with one attached hydrogen (secondary N) is 3. The summed E-state index contributed by atoms with van der Waals surface area (Å²) in [6.45, 7) is 10.7. The minimum Gasteiger partial charge on any atom is -0.467 e. The number of anilines is 2. The van der Waals surface area contributed by atoms with Crippen LogP contribution < -0.4 is 21.7 Å². The summed E-state index contributed by atoms with van der Waals surface area (Å²) in [6.07, 6.45) is 7.58. The second kappa shape index (κ2) is 18.2. The number of furan rings is 2. The van der Waals surface area contributed by atoms with Crippen molar-refractivity contribution in [1.29, 1.82) is 0 Å². The molecule has 0 saturated heterocycles. The number of fused-ring (bicyclic) bond motifs is 2. The van der Waals surface area contributed by atoms with Crippen molar-refractivity contribution in [3.8, 4) is 0 Å². The van der Waals surface area contributed by atoms with Crippen molar-refractivity contribution < 1.29 is 18.4 Å². The zero-order chi connectivity index (χ0) is 33.4. The summed E-state index contributed by atoms with van der Waals surface area (Å²) >= 11 is 3.31. The van der Waals surface area contributed by atoms with E-state index in [1.807, 2.05) is 65.0 Å². The molecular formula is C33H42Cl2N8O4S2. The molecule has 0 saturated carbocycles. The van der Waals surface area contributed by atoms with Crippen LogP contribution in [0.1, 0.15) is 55.9 Å². The Morgan fingerprint density at radius 3 is 1.76 bits per heavy atom. The lowest BCUT2D eigenvalue weighted by Crippen LogP contribution is -2.38. The number of aromatic nitrogens is 4. The van der Waals surface area contributed by atoms with E-state index in [1.165, 1.54) is 4.88 Å². The predicted molar refractivity (Wildman–Crippen MR) is 201 cm³/mol. The van der Waals surface area contributed by atoms with Gasteiger partial charge >= 0.3 is 6.09 Å². The molecule has 0 aliphatic carbocycles. The van der Waals surface area contributed by atoms with Gasteiger partial charge < -0.3 is 35.3 Å². The molecule has 12 nitrogen and oxygen atoms in total. The molecule has 0 radical (unpaired) electrons. The highest BCUT2D eigenvalue weighted by Gasteiger charge is 2.19. The summed E-state index contributed by atoms with van der Waals surface area (Å²) in [5.41, 5.74) is 7.19. The normalized spacial score (nSPS) is 12.2. The number of ether oxygens (including phenoxy) is 1. The molecule has 264 valence electrons. The number of halogens is 2. The van der Waals surface area contributed by atoms with Crippen molar-refractivity contribution in [2.75, 3.05) is 10.6 Å². The predicted octanol–water partition coefficient (Wildman–Crippen LogP) is 7.98. The highest BCUT2D eigenvalue weighted by Crippen LogP contribution is 2.31. The number of carbonyl (C=O) groups is 1. The maximum atomic E-state index is 11.9. The molecule has 0 aliphatic heterocycles. The third kappa shape index (κ3) is 11.9. The van der Waals surface area contributed by atoms with E-state index < -0.39 is 11.7 Å². The minimum absolute atomic E-state index is 0.